The molecule has 4 atom stereocenters. The van der Waals surface area contributed by atoms with Crippen molar-refractivity contribution in [1.82, 2.24) is 24.6 Å². The van der Waals surface area contributed by atoms with Gasteiger partial charge in [0.05, 0.1) is 19.2 Å². The van der Waals surface area contributed by atoms with E-state index in [1.807, 2.05) is 23.4 Å². The van der Waals surface area contributed by atoms with E-state index in [0.717, 1.165) is 5.82 Å². The highest BCUT2D eigenvalue weighted by Crippen LogP contribution is 2.28. The molecule has 0 spiro atoms. The molecular formula is C16H27N5O2. The van der Waals surface area contributed by atoms with Crippen LogP contribution in [0.25, 0.3) is 0 Å². The lowest BCUT2D eigenvalue weighted by molar-refractivity contribution is -0.145. The lowest BCUT2D eigenvalue weighted by Crippen LogP contribution is -2.53. The zero-order chi connectivity index (χ0) is 16.6. The summed E-state index contributed by atoms with van der Waals surface area (Å²) in [5.41, 5.74) is 0. The van der Waals surface area contributed by atoms with Gasteiger partial charge in [-0.05, 0) is 33.6 Å². The molecule has 4 unspecified atom stereocenters. The number of morpholine rings is 1. The highest BCUT2D eigenvalue weighted by molar-refractivity contribution is 5.81. The first kappa shape index (κ1) is 16.4. The van der Waals surface area contributed by atoms with Gasteiger partial charge < -0.3 is 14.2 Å². The van der Waals surface area contributed by atoms with Crippen LogP contribution in [0.2, 0.25) is 0 Å². The second-order valence-corrected chi connectivity index (χ2v) is 6.84. The van der Waals surface area contributed by atoms with Crippen molar-refractivity contribution in [3.05, 3.63) is 12.2 Å². The smallest absolute Gasteiger partial charge is 0.239 e. The van der Waals surface area contributed by atoms with Crippen LogP contribution in [0.4, 0.5) is 0 Å². The van der Waals surface area contributed by atoms with E-state index < -0.39 is 0 Å². The zero-order valence-electron chi connectivity index (χ0n) is 14.5. The molecule has 3 heterocycles. The molecule has 3 rings (SSSR count). The highest BCUT2D eigenvalue weighted by Gasteiger charge is 2.37. The van der Waals surface area contributed by atoms with Crippen molar-refractivity contribution in [1.29, 1.82) is 0 Å². The molecule has 1 aromatic rings. The van der Waals surface area contributed by atoms with Gasteiger partial charge in [0.1, 0.15) is 12.4 Å². The Morgan fingerprint density at radius 2 is 2.04 bits per heavy atom. The third-order valence-corrected chi connectivity index (χ3v) is 5.24. The Bertz CT molecular complexity index is 550. The maximum Gasteiger partial charge on any atom is 0.239 e. The van der Waals surface area contributed by atoms with Gasteiger partial charge in [0, 0.05) is 25.7 Å². The van der Waals surface area contributed by atoms with E-state index in [9.17, 15) is 4.79 Å². The molecule has 2 fully saturated rings. The summed E-state index contributed by atoms with van der Waals surface area (Å²) in [6.07, 6.45) is 3.81. The van der Waals surface area contributed by atoms with Crippen molar-refractivity contribution in [3.8, 4) is 0 Å². The van der Waals surface area contributed by atoms with Gasteiger partial charge in [0.25, 0.3) is 0 Å². The number of aryl methyl sites for hydroxylation is 1. The van der Waals surface area contributed by atoms with Gasteiger partial charge >= 0.3 is 0 Å². The number of carbonyl (C=O) groups is 1. The number of amides is 1. The predicted molar refractivity (Wildman–Crippen MR) is 85.7 cm³/mol. The van der Waals surface area contributed by atoms with Crippen molar-refractivity contribution in [2.75, 3.05) is 19.7 Å². The van der Waals surface area contributed by atoms with Gasteiger partial charge in [-0.15, -0.1) is 10.2 Å². The van der Waals surface area contributed by atoms with Gasteiger partial charge in [0.2, 0.25) is 5.91 Å². The lowest BCUT2D eigenvalue weighted by atomic mass is 10.1. The van der Waals surface area contributed by atoms with Gasteiger partial charge in [-0.25, -0.2) is 0 Å². The largest absolute Gasteiger partial charge is 0.366 e. The summed E-state index contributed by atoms with van der Waals surface area (Å²) in [5.74, 6) is 0.971. The molecule has 0 bridgehead atoms. The SMILES string of the molecule is CC1CCC(C)N1C(C)C(=O)N1CCOC(c2nncn2C)C1. The van der Waals surface area contributed by atoms with Gasteiger partial charge in [-0.3, -0.25) is 9.69 Å². The number of aromatic nitrogens is 3. The topological polar surface area (TPSA) is 63.5 Å². The molecule has 2 aliphatic rings. The van der Waals surface area contributed by atoms with E-state index in [-0.39, 0.29) is 18.1 Å². The Balaban J connectivity index is 1.68. The van der Waals surface area contributed by atoms with Crippen LogP contribution in [-0.4, -0.2) is 68.3 Å². The van der Waals surface area contributed by atoms with Crippen LogP contribution in [0.15, 0.2) is 6.33 Å². The number of nitrogens with zero attached hydrogens (tertiary/aromatic N) is 5. The molecule has 0 aliphatic carbocycles. The molecule has 23 heavy (non-hydrogen) atoms. The average Bonchev–Trinajstić information content (AvgIpc) is 3.12. The Morgan fingerprint density at radius 3 is 2.65 bits per heavy atom. The van der Waals surface area contributed by atoms with Crippen molar-refractivity contribution in [2.45, 2.75) is 57.8 Å². The third-order valence-electron chi connectivity index (χ3n) is 5.24. The van der Waals surface area contributed by atoms with Gasteiger partial charge in [-0.2, -0.15) is 0 Å². The van der Waals surface area contributed by atoms with Crippen LogP contribution in [-0.2, 0) is 16.6 Å². The minimum absolute atomic E-state index is 0.0826. The first-order valence-corrected chi connectivity index (χ1v) is 8.50. The summed E-state index contributed by atoms with van der Waals surface area (Å²) in [4.78, 5) is 17.2. The highest BCUT2D eigenvalue weighted by atomic mass is 16.5. The fourth-order valence-electron chi connectivity index (χ4n) is 3.96. The molecule has 2 aliphatic heterocycles. The number of rotatable bonds is 3. The standard InChI is InChI=1S/C16H27N5O2/c1-11-5-6-12(2)21(11)13(3)16(22)20-7-8-23-14(9-20)15-18-17-10-19(15)4/h10-14H,5-9H2,1-4H3. The lowest BCUT2D eigenvalue weighted by Gasteiger charge is -2.38. The normalized spacial score (nSPS) is 30.6. The van der Waals surface area contributed by atoms with Crippen LogP contribution < -0.4 is 0 Å². The first-order valence-electron chi connectivity index (χ1n) is 8.50. The van der Waals surface area contributed by atoms with E-state index in [4.69, 9.17) is 4.74 Å². The summed E-state index contributed by atoms with van der Waals surface area (Å²) < 4.78 is 7.65. The molecule has 0 N–H and O–H groups in total. The Hall–Kier alpha value is -1.47. The van der Waals surface area contributed by atoms with E-state index in [1.54, 1.807) is 6.33 Å². The number of ether oxygens (including phenoxy) is 1. The quantitative estimate of drug-likeness (QED) is 0.830. The molecule has 0 radical (unpaired) electrons. The average molecular weight is 321 g/mol. The number of likely N-dealkylation sites (tertiary alicyclic amines) is 1. The minimum Gasteiger partial charge on any atom is -0.366 e. The molecular weight excluding hydrogens is 294 g/mol. The monoisotopic (exact) mass is 321 g/mol. The summed E-state index contributed by atoms with van der Waals surface area (Å²) in [7, 11) is 1.90. The number of hydrogen-bond acceptors (Lipinski definition) is 5. The summed E-state index contributed by atoms with van der Waals surface area (Å²) in [5, 5.41) is 8.03. The third kappa shape index (κ3) is 3.12. The molecule has 7 heteroatoms. The number of carbonyl (C=O) groups excluding carboxylic acids is 1. The fraction of sp³-hybridized carbons (Fsp3) is 0.812. The van der Waals surface area contributed by atoms with E-state index in [1.165, 1.54) is 12.8 Å². The van der Waals surface area contributed by atoms with Crippen molar-refractivity contribution < 1.29 is 9.53 Å². The second-order valence-electron chi connectivity index (χ2n) is 6.84. The van der Waals surface area contributed by atoms with Crippen molar-refractivity contribution in [2.24, 2.45) is 7.05 Å². The Morgan fingerprint density at radius 1 is 1.35 bits per heavy atom. The minimum atomic E-state index is -0.194. The second kappa shape index (κ2) is 6.57. The van der Waals surface area contributed by atoms with E-state index >= 15 is 0 Å². The van der Waals surface area contributed by atoms with Crippen LogP contribution in [0.5, 0.6) is 0 Å². The van der Waals surface area contributed by atoms with Gasteiger partial charge in [0.15, 0.2) is 5.82 Å². The van der Waals surface area contributed by atoms with Crippen molar-refractivity contribution >= 4 is 5.91 Å². The first-order chi connectivity index (χ1) is 11.0. The molecule has 0 saturated carbocycles. The van der Waals surface area contributed by atoms with Crippen molar-refractivity contribution in [3.63, 3.8) is 0 Å². The van der Waals surface area contributed by atoms with Crippen LogP contribution in [0.3, 0.4) is 0 Å². The Labute approximate surface area is 137 Å². The fourth-order valence-corrected chi connectivity index (χ4v) is 3.96. The predicted octanol–water partition coefficient (Wildman–Crippen LogP) is 0.976. The molecule has 1 aromatic heterocycles. The van der Waals surface area contributed by atoms with Crippen LogP contribution in [0, 0.1) is 0 Å². The maximum absolute atomic E-state index is 13.0. The molecule has 0 aromatic carbocycles. The Kier molecular flexibility index (Phi) is 4.68. The van der Waals surface area contributed by atoms with Gasteiger partial charge in [-0.1, -0.05) is 0 Å². The summed E-state index contributed by atoms with van der Waals surface area (Å²) in [6.45, 7) is 8.21. The van der Waals surface area contributed by atoms with E-state index in [2.05, 4.69) is 28.9 Å². The molecule has 1 amide bonds. The summed E-state index contributed by atoms with van der Waals surface area (Å²) >= 11 is 0. The number of hydrogen-bond donors (Lipinski definition) is 0. The zero-order valence-corrected chi connectivity index (χ0v) is 14.5. The molecule has 7 nitrogen and oxygen atoms in total. The maximum atomic E-state index is 13.0. The molecule has 128 valence electrons. The molecule has 2 saturated heterocycles. The summed E-state index contributed by atoms with van der Waals surface area (Å²) in [6, 6.07) is 0.861. The van der Waals surface area contributed by atoms with Crippen LogP contribution >= 0.6 is 0 Å². The van der Waals surface area contributed by atoms with E-state index in [0.29, 0.717) is 31.8 Å². The van der Waals surface area contributed by atoms with Crippen LogP contribution in [0.1, 0.15) is 45.5 Å².